The van der Waals surface area contributed by atoms with Crippen molar-refractivity contribution in [3.63, 3.8) is 0 Å². The maximum absolute atomic E-state index is 6.05. The van der Waals surface area contributed by atoms with Crippen LogP contribution in [0.3, 0.4) is 0 Å². The van der Waals surface area contributed by atoms with Crippen LogP contribution in [-0.2, 0) is 13.2 Å². The monoisotopic (exact) mass is 399 g/mol. The van der Waals surface area contributed by atoms with Gasteiger partial charge in [-0.15, -0.1) is 12.4 Å². The second-order valence-corrected chi connectivity index (χ2v) is 6.32. The Balaban J connectivity index is 0.00000264. The van der Waals surface area contributed by atoms with Gasteiger partial charge in [-0.2, -0.15) is 0 Å². The smallest absolute Gasteiger partial charge is 0.166 e. The highest BCUT2D eigenvalue weighted by Gasteiger charge is 2.13. The molecule has 0 aliphatic carbocycles. The van der Waals surface area contributed by atoms with Crippen LogP contribution in [0.5, 0.6) is 11.5 Å². The topological polar surface area (TPSA) is 30.5 Å². The van der Waals surface area contributed by atoms with E-state index in [1.807, 2.05) is 24.3 Å². The summed E-state index contributed by atoms with van der Waals surface area (Å²) in [6.07, 6.45) is 0. The first kappa shape index (κ1) is 19.8. The van der Waals surface area contributed by atoms with Crippen LogP contribution in [0.4, 0.5) is 0 Å². The molecule has 126 valence electrons. The molecule has 0 spiro atoms. The summed E-state index contributed by atoms with van der Waals surface area (Å²) in [6.45, 7) is 5.50. The van der Waals surface area contributed by atoms with Gasteiger partial charge in [0.05, 0.1) is 7.11 Å². The molecule has 0 fully saturated rings. The van der Waals surface area contributed by atoms with Crippen LogP contribution >= 0.6 is 28.3 Å². The second kappa shape index (κ2) is 9.81. The zero-order valence-electron chi connectivity index (χ0n) is 13.6. The van der Waals surface area contributed by atoms with Crippen molar-refractivity contribution >= 4 is 28.3 Å². The van der Waals surface area contributed by atoms with Gasteiger partial charge in [0.25, 0.3) is 0 Å². The lowest BCUT2D eigenvalue weighted by Gasteiger charge is -2.17. The molecule has 0 aromatic heterocycles. The Morgan fingerprint density at radius 3 is 2.43 bits per heavy atom. The lowest BCUT2D eigenvalue weighted by molar-refractivity contribution is 0.280. The molecule has 5 heteroatoms. The van der Waals surface area contributed by atoms with Gasteiger partial charge in [0.2, 0.25) is 0 Å². The Labute approximate surface area is 152 Å². The van der Waals surface area contributed by atoms with Gasteiger partial charge < -0.3 is 14.8 Å². The summed E-state index contributed by atoms with van der Waals surface area (Å²) >= 11 is 3.53. The van der Waals surface area contributed by atoms with Gasteiger partial charge in [0.1, 0.15) is 6.61 Å². The predicted octanol–water partition coefficient (Wildman–Crippen LogP) is 4.96. The van der Waals surface area contributed by atoms with Gasteiger partial charge in [-0.1, -0.05) is 60.1 Å². The van der Waals surface area contributed by atoms with E-state index >= 15 is 0 Å². The van der Waals surface area contributed by atoms with E-state index in [2.05, 4.69) is 53.3 Å². The minimum absolute atomic E-state index is 0. The van der Waals surface area contributed by atoms with Crippen LogP contribution in [0, 0.1) is 0 Å². The van der Waals surface area contributed by atoms with Crippen LogP contribution < -0.4 is 14.8 Å². The van der Waals surface area contributed by atoms with E-state index in [-0.39, 0.29) is 12.4 Å². The lowest BCUT2D eigenvalue weighted by Crippen LogP contribution is -2.22. The van der Waals surface area contributed by atoms with Gasteiger partial charge in [-0.05, 0) is 17.7 Å². The maximum Gasteiger partial charge on any atom is 0.166 e. The number of halogens is 2. The fourth-order valence-corrected chi connectivity index (χ4v) is 2.60. The summed E-state index contributed by atoms with van der Waals surface area (Å²) in [7, 11) is 1.66. The summed E-state index contributed by atoms with van der Waals surface area (Å²) in [5.41, 5.74) is 2.21. The number of hydrogen-bond acceptors (Lipinski definition) is 3. The second-order valence-electron chi connectivity index (χ2n) is 5.41. The number of nitrogens with one attached hydrogen (secondary N) is 1. The van der Waals surface area contributed by atoms with E-state index in [4.69, 9.17) is 9.47 Å². The molecule has 0 aliphatic rings. The molecule has 0 heterocycles. The summed E-state index contributed by atoms with van der Waals surface area (Å²) in [5, 5.41) is 3.42. The summed E-state index contributed by atoms with van der Waals surface area (Å²) in [4.78, 5) is 0. The third kappa shape index (κ3) is 6.05. The molecule has 2 aromatic carbocycles. The molecule has 2 rings (SSSR count). The number of rotatable bonds is 7. The molecule has 0 atom stereocenters. The molecule has 0 bridgehead atoms. The normalized spacial score (nSPS) is 10.3. The predicted molar refractivity (Wildman–Crippen MR) is 101 cm³/mol. The molecule has 0 aliphatic heterocycles. The van der Waals surface area contributed by atoms with Crippen LogP contribution in [0.15, 0.2) is 46.9 Å². The van der Waals surface area contributed by atoms with Crippen molar-refractivity contribution in [3.8, 4) is 11.5 Å². The Bertz CT molecular complexity index is 605. The Kier molecular flexibility index (Phi) is 8.45. The first-order chi connectivity index (χ1) is 10.6. The van der Waals surface area contributed by atoms with Crippen molar-refractivity contribution < 1.29 is 9.47 Å². The highest BCUT2D eigenvalue weighted by atomic mass is 79.9. The number of benzene rings is 2. The van der Waals surface area contributed by atoms with E-state index in [1.165, 1.54) is 0 Å². The van der Waals surface area contributed by atoms with Crippen molar-refractivity contribution in [2.75, 3.05) is 7.11 Å². The molecule has 0 saturated carbocycles. The van der Waals surface area contributed by atoms with Gasteiger partial charge >= 0.3 is 0 Å². The SMILES string of the molecule is COc1cc(Br)cc(CNC(C)C)c1OCc1ccccc1.Cl. The summed E-state index contributed by atoms with van der Waals surface area (Å²) < 4.78 is 12.5. The molecular formula is C18H23BrClNO2. The maximum atomic E-state index is 6.05. The van der Waals surface area contributed by atoms with Crippen LogP contribution in [0.1, 0.15) is 25.0 Å². The quantitative estimate of drug-likeness (QED) is 0.713. The molecule has 0 unspecified atom stereocenters. The summed E-state index contributed by atoms with van der Waals surface area (Å²) in [5.74, 6) is 1.54. The Morgan fingerprint density at radius 2 is 1.83 bits per heavy atom. The van der Waals surface area contributed by atoms with Crippen molar-refractivity contribution in [1.82, 2.24) is 5.32 Å². The lowest BCUT2D eigenvalue weighted by atomic mass is 10.1. The fourth-order valence-electron chi connectivity index (χ4n) is 2.11. The van der Waals surface area contributed by atoms with E-state index in [0.29, 0.717) is 12.6 Å². The average Bonchev–Trinajstić information content (AvgIpc) is 2.52. The first-order valence-electron chi connectivity index (χ1n) is 7.36. The fraction of sp³-hybridized carbons (Fsp3) is 0.333. The zero-order valence-corrected chi connectivity index (χ0v) is 16.0. The molecule has 1 N–H and O–H groups in total. The largest absolute Gasteiger partial charge is 0.493 e. The van der Waals surface area contributed by atoms with Crippen molar-refractivity contribution in [2.24, 2.45) is 0 Å². The first-order valence-corrected chi connectivity index (χ1v) is 8.16. The van der Waals surface area contributed by atoms with Gasteiger partial charge in [-0.3, -0.25) is 0 Å². The molecule has 0 radical (unpaired) electrons. The van der Waals surface area contributed by atoms with E-state index < -0.39 is 0 Å². The van der Waals surface area contributed by atoms with Crippen LogP contribution in [-0.4, -0.2) is 13.2 Å². The standard InChI is InChI=1S/C18H22BrNO2.ClH/c1-13(2)20-11-15-9-16(19)10-17(21-3)18(15)22-12-14-7-5-4-6-8-14;/h4-10,13,20H,11-12H2,1-3H3;1H. The third-order valence-corrected chi connectivity index (χ3v) is 3.70. The third-order valence-electron chi connectivity index (χ3n) is 3.24. The van der Waals surface area contributed by atoms with Crippen molar-refractivity contribution in [2.45, 2.75) is 33.0 Å². The average molecular weight is 401 g/mol. The van der Waals surface area contributed by atoms with Crippen LogP contribution in [0.25, 0.3) is 0 Å². The summed E-state index contributed by atoms with van der Waals surface area (Å²) in [6, 6.07) is 14.5. The van der Waals surface area contributed by atoms with Crippen LogP contribution in [0.2, 0.25) is 0 Å². The van der Waals surface area contributed by atoms with Crippen molar-refractivity contribution in [1.29, 1.82) is 0 Å². The number of hydrogen-bond donors (Lipinski definition) is 1. The highest BCUT2D eigenvalue weighted by molar-refractivity contribution is 9.10. The minimum atomic E-state index is 0. The molecule has 23 heavy (non-hydrogen) atoms. The molecule has 2 aromatic rings. The minimum Gasteiger partial charge on any atom is -0.493 e. The van der Waals surface area contributed by atoms with E-state index in [0.717, 1.165) is 33.6 Å². The van der Waals surface area contributed by atoms with Crippen molar-refractivity contribution in [3.05, 3.63) is 58.1 Å². The molecule has 0 amide bonds. The van der Waals surface area contributed by atoms with E-state index in [1.54, 1.807) is 7.11 Å². The van der Waals surface area contributed by atoms with Gasteiger partial charge in [0, 0.05) is 22.6 Å². The number of methoxy groups -OCH3 is 1. The number of ether oxygens (including phenoxy) is 2. The molecule has 3 nitrogen and oxygen atoms in total. The van der Waals surface area contributed by atoms with Gasteiger partial charge in [0.15, 0.2) is 11.5 Å². The highest BCUT2D eigenvalue weighted by Crippen LogP contribution is 2.35. The zero-order chi connectivity index (χ0) is 15.9. The molecular weight excluding hydrogens is 378 g/mol. The Hall–Kier alpha value is -1.23. The van der Waals surface area contributed by atoms with E-state index in [9.17, 15) is 0 Å². The van der Waals surface area contributed by atoms with Gasteiger partial charge in [-0.25, -0.2) is 0 Å². The Morgan fingerprint density at radius 1 is 1.13 bits per heavy atom. The molecule has 0 saturated heterocycles.